The minimum absolute atomic E-state index is 0.0393. The molecule has 2 nitrogen and oxygen atoms in total. The monoisotopic (exact) mass is 253 g/mol. The molecule has 2 heteroatoms. The quantitative estimate of drug-likeness (QED) is 0.804. The van der Waals surface area contributed by atoms with E-state index in [1.54, 1.807) is 0 Å². The van der Waals surface area contributed by atoms with Crippen LogP contribution >= 0.6 is 0 Å². The van der Waals surface area contributed by atoms with Gasteiger partial charge in [0.1, 0.15) is 0 Å². The summed E-state index contributed by atoms with van der Waals surface area (Å²) in [7, 11) is 0. The van der Waals surface area contributed by atoms with E-state index in [1.807, 2.05) is 0 Å². The van der Waals surface area contributed by atoms with Crippen LogP contribution in [-0.4, -0.2) is 17.3 Å². The van der Waals surface area contributed by atoms with Crippen LogP contribution in [0.25, 0.3) is 0 Å². The summed E-state index contributed by atoms with van der Waals surface area (Å²) in [6, 6.07) is 0. The van der Waals surface area contributed by atoms with E-state index in [9.17, 15) is 5.11 Å². The van der Waals surface area contributed by atoms with Gasteiger partial charge in [0.15, 0.2) is 0 Å². The van der Waals surface area contributed by atoms with Crippen molar-refractivity contribution in [1.82, 2.24) is 0 Å². The standard InChI is InChI=1S/C16H31NO/c1-2-6-14-7-11-15(13-17,12-8-14)16(18)9-4-3-5-10-16/h14,18H,2-13,17H2,1H3. The Kier molecular flexibility index (Phi) is 4.71. The minimum atomic E-state index is -0.447. The summed E-state index contributed by atoms with van der Waals surface area (Å²) in [5.41, 5.74) is 5.71. The zero-order valence-corrected chi connectivity index (χ0v) is 12.1. The second kappa shape index (κ2) is 5.92. The number of rotatable bonds is 4. The average molecular weight is 253 g/mol. The lowest BCUT2D eigenvalue weighted by molar-refractivity contribution is -0.126. The van der Waals surface area contributed by atoms with E-state index in [0.717, 1.165) is 31.6 Å². The van der Waals surface area contributed by atoms with E-state index >= 15 is 0 Å². The van der Waals surface area contributed by atoms with E-state index in [4.69, 9.17) is 5.73 Å². The molecule has 0 aliphatic heterocycles. The fraction of sp³-hybridized carbons (Fsp3) is 1.00. The highest BCUT2D eigenvalue weighted by Gasteiger charge is 2.50. The van der Waals surface area contributed by atoms with Gasteiger partial charge in [-0.1, -0.05) is 39.0 Å². The Bertz CT molecular complexity index is 250. The smallest absolute Gasteiger partial charge is 0.0715 e. The van der Waals surface area contributed by atoms with Gasteiger partial charge in [-0.15, -0.1) is 0 Å². The lowest BCUT2D eigenvalue weighted by Crippen LogP contribution is -2.55. The van der Waals surface area contributed by atoms with Gasteiger partial charge < -0.3 is 10.8 Å². The molecule has 2 fully saturated rings. The fourth-order valence-electron chi connectivity index (χ4n) is 4.45. The highest BCUT2D eigenvalue weighted by Crippen LogP contribution is 2.51. The maximum Gasteiger partial charge on any atom is 0.0715 e. The molecule has 2 saturated carbocycles. The van der Waals surface area contributed by atoms with Gasteiger partial charge in [0.05, 0.1) is 5.60 Å². The molecule has 0 saturated heterocycles. The van der Waals surface area contributed by atoms with Crippen LogP contribution in [0.5, 0.6) is 0 Å². The molecule has 0 atom stereocenters. The summed E-state index contributed by atoms with van der Waals surface area (Å²) in [4.78, 5) is 0. The molecule has 3 N–H and O–H groups in total. The summed E-state index contributed by atoms with van der Waals surface area (Å²) in [6.45, 7) is 2.96. The normalized spacial score (nSPS) is 36.5. The first kappa shape index (κ1) is 14.3. The largest absolute Gasteiger partial charge is 0.389 e. The highest BCUT2D eigenvalue weighted by atomic mass is 16.3. The van der Waals surface area contributed by atoms with Crippen LogP contribution in [0.15, 0.2) is 0 Å². The first-order chi connectivity index (χ1) is 8.66. The second-order valence-electron chi connectivity index (χ2n) is 6.81. The summed E-state index contributed by atoms with van der Waals surface area (Å²) >= 11 is 0. The lowest BCUT2D eigenvalue weighted by atomic mass is 9.57. The van der Waals surface area contributed by atoms with Crippen molar-refractivity contribution in [2.75, 3.05) is 6.54 Å². The molecule has 18 heavy (non-hydrogen) atoms. The van der Waals surface area contributed by atoms with Crippen molar-refractivity contribution < 1.29 is 5.11 Å². The molecule has 2 aliphatic rings. The van der Waals surface area contributed by atoms with Crippen molar-refractivity contribution in [2.45, 2.75) is 83.2 Å². The Morgan fingerprint density at radius 3 is 2.17 bits per heavy atom. The van der Waals surface area contributed by atoms with Crippen molar-refractivity contribution in [3.05, 3.63) is 0 Å². The van der Waals surface area contributed by atoms with Crippen LogP contribution in [0.2, 0.25) is 0 Å². The number of aliphatic hydroxyl groups is 1. The van der Waals surface area contributed by atoms with Crippen LogP contribution in [0.1, 0.15) is 77.6 Å². The third-order valence-corrected chi connectivity index (χ3v) is 5.82. The molecule has 2 rings (SSSR count). The van der Waals surface area contributed by atoms with Crippen molar-refractivity contribution in [3.8, 4) is 0 Å². The molecule has 0 radical (unpaired) electrons. The number of nitrogens with two attached hydrogens (primary N) is 1. The first-order valence-corrected chi connectivity index (χ1v) is 8.08. The molecule has 106 valence electrons. The summed E-state index contributed by atoms with van der Waals surface area (Å²) in [5.74, 6) is 0.891. The van der Waals surface area contributed by atoms with Crippen LogP contribution in [0.3, 0.4) is 0 Å². The molecule has 0 heterocycles. The maximum absolute atomic E-state index is 11.1. The van der Waals surface area contributed by atoms with Crippen LogP contribution in [0, 0.1) is 11.3 Å². The van der Waals surface area contributed by atoms with Crippen LogP contribution in [0.4, 0.5) is 0 Å². The minimum Gasteiger partial charge on any atom is -0.389 e. The van der Waals surface area contributed by atoms with Gasteiger partial charge in [-0.3, -0.25) is 0 Å². The molecule has 2 aliphatic carbocycles. The zero-order chi connectivity index (χ0) is 13.1. The summed E-state index contributed by atoms with van der Waals surface area (Å²) in [5, 5.41) is 11.1. The topological polar surface area (TPSA) is 46.2 Å². The predicted molar refractivity (Wildman–Crippen MR) is 76.4 cm³/mol. The third-order valence-electron chi connectivity index (χ3n) is 5.82. The van der Waals surface area contributed by atoms with Gasteiger partial charge in [0.25, 0.3) is 0 Å². The zero-order valence-electron chi connectivity index (χ0n) is 12.1. The van der Waals surface area contributed by atoms with Gasteiger partial charge >= 0.3 is 0 Å². The van der Waals surface area contributed by atoms with E-state index in [2.05, 4.69) is 6.92 Å². The van der Waals surface area contributed by atoms with Crippen molar-refractivity contribution in [2.24, 2.45) is 17.1 Å². The maximum atomic E-state index is 11.1. The first-order valence-electron chi connectivity index (χ1n) is 8.08. The van der Waals surface area contributed by atoms with Crippen molar-refractivity contribution >= 4 is 0 Å². The van der Waals surface area contributed by atoms with Crippen molar-refractivity contribution in [1.29, 1.82) is 0 Å². The Morgan fingerprint density at radius 2 is 1.67 bits per heavy atom. The molecule has 0 bridgehead atoms. The Hall–Kier alpha value is -0.0800. The van der Waals surface area contributed by atoms with Gasteiger partial charge in [-0.2, -0.15) is 0 Å². The molecule has 0 spiro atoms. The Balaban J connectivity index is 2.03. The summed E-state index contributed by atoms with van der Waals surface area (Å²) < 4.78 is 0. The molecule has 0 unspecified atom stereocenters. The van der Waals surface area contributed by atoms with E-state index in [0.29, 0.717) is 6.54 Å². The number of hydrogen-bond donors (Lipinski definition) is 2. The van der Waals surface area contributed by atoms with Crippen molar-refractivity contribution in [3.63, 3.8) is 0 Å². The van der Waals surface area contributed by atoms with Crippen LogP contribution in [-0.2, 0) is 0 Å². The molecule has 0 amide bonds. The SMILES string of the molecule is CCCC1CCC(CN)(C2(O)CCCCC2)CC1. The molecule has 0 aromatic carbocycles. The third kappa shape index (κ3) is 2.60. The fourth-order valence-corrected chi connectivity index (χ4v) is 4.45. The van der Waals surface area contributed by atoms with Crippen LogP contribution < -0.4 is 5.73 Å². The summed E-state index contributed by atoms with van der Waals surface area (Å²) in [6.07, 6.45) is 13.2. The Morgan fingerprint density at radius 1 is 1.06 bits per heavy atom. The average Bonchev–Trinajstić information content (AvgIpc) is 2.41. The van der Waals surface area contributed by atoms with E-state index < -0.39 is 5.60 Å². The molecular weight excluding hydrogens is 222 g/mol. The molecule has 0 aromatic heterocycles. The second-order valence-corrected chi connectivity index (χ2v) is 6.81. The van der Waals surface area contributed by atoms with Gasteiger partial charge in [-0.05, 0) is 44.4 Å². The highest BCUT2D eigenvalue weighted by molar-refractivity contribution is 5.03. The van der Waals surface area contributed by atoms with Gasteiger partial charge in [0, 0.05) is 12.0 Å². The predicted octanol–water partition coefficient (Wildman–Crippen LogP) is 3.62. The van der Waals surface area contributed by atoms with Gasteiger partial charge in [-0.25, -0.2) is 0 Å². The van der Waals surface area contributed by atoms with E-state index in [-0.39, 0.29) is 5.41 Å². The van der Waals surface area contributed by atoms with Gasteiger partial charge in [0.2, 0.25) is 0 Å². The Labute approximate surface area is 112 Å². The molecule has 0 aromatic rings. The lowest BCUT2D eigenvalue weighted by Gasteiger charge is -2.52. The number of hydrogen-bond acceptors (Lipinski definition) is 2. The molecular formula is C16H31NO. The van der Waals surface area contributed by atoms with E-state index in [1.165, 1.54) is 44.9 Å².